The molecule has 0 aliphatic rings. The van der Waals surface area contributed by atoms with Gasteiger partial charge in [-0.1, -0.05) is 13.0 Å². The number of carbonyl (C=O) groups is 2. The highest BCUT2D eigenvalue weighted by Crippen LogP contribution is 2.15. The van der Waals surface area contributed by atoms with Crippen LogP contribution in [0.2, 0.25) is 0 Å². The van der Waals surface area contributed by atoms with E-state index in [9.17, 15) is 19.6 Å². The van der Waals surface area contributed by atoms with Crippen molar-refractivity contribution in [1.29, 1.82) is 5.26 Å². The molecule has 0 saturated carbocycles. The zero-order valence-electron chi connectivity index (χ0n) is 20.0. The summed E-state index contributed by atoms with van der Waals surface area (Å²) in [6, 6.07) is 9.18. The maximum Gasteiger partial charge on any atom is 0.351 e. The van der Waals surface area contributed by atoms with Crippen LogP contribution >= 0.6 is 11.3 Å². The minimum absolute atomic E-state index is 0.0861. The minimum atomic E-state index is -0.738. The van der Waals surface area contributed by atoms with Gasteiger partial charge >= 0.3 is 5.97 Å². The average Bonchev–Trinajstić information content (AvgIpc) is 3.09. The van der Waals surface area contributed by atoms with Crippen molar-refractivity contribution in [3.63, 3.8) is 0 Å². The lowest BCUT2D eigenvalue weighted by molar-refractivity contribution is -0.136. The van der Waals surface area contributed by atoms with E-state index in [-0.39, 0.29) is 28.3 Å². The summed E-state index contributed by atoms with van der Waals surface area (Å²) >= 11 is 1.09. The molecule has 1 amide bonds. The molecule has 0 bridgehead atoms. The fourth-order valence-corrected chi connectivity index (χ4v) is 4.42. The van der Waals surface area contributed by atoms with E-state index in [1.165, 1.54) is 4.57 Å². The van der Waals surface area contributed by atoms with Crippen LogP contribution in [-0.2, 0) is 20.9 Å². The van der Waals surface area contributed by atoms with E-state index in [1.54, 1.807) is 19.9 Å². The zero-order valence-corrected chi connectivity index (χ0v) is 20.8. The molecule has 0 radical (unpaired) electrons. The second-order valence-electron chi connectivity index (χ2n) is 7.48. The summed E-state index contributed by atoms with van der Waals surface area (Å²) in [6.45, 7) is 7.48. The number of nitrogens with zero attached hydrogens (tertiary/aromatic N) is 3. The number of nitrogens with one attached hydrogen (secondary N) is 2. The third kappa shape index (κ3) is 7.30. The lowest BCUT2D eigenvalue weighted by atomic mass is 10.2. The van der Waals surface area contributed by atoms with Gasteiger partial charge in [0.1, 0.15) is 10.7 Å². The third-order valence-electron chi connectivity index (χ3n) is 4.79. The van der Waals surface area contributed by atoms with Gasteiger partial charge in [0, 0.05) is 24.5 Å². The van der Waals surface area contributed by atoms with E-state index in [4.69, 9.17) is 4.74 Å². The van der Waals surface area contributed by atoms with Gasteiger partial charge in [-0.2, -0.15) is 5.26 Å². The largest absolute Gasteiger partial charge is 0.462 e. The predicted molar refractivity (Wildman–Crippen MR) is 135 cm³/mol. The number of ether oxygens (including phenoxy) is 1. The molecular formula is C24H31N5O4S. The number of aromatic nitrogens is 1. The van der Waals surface area contributed by atoms with Crippen molar-refractivity contribution in [3.05, 3.63) is 43.8 Å². The first-order valence-corrected chi connectivity index (χ1v) is 12.0. The number of carbonyl (C=O) groups excluding carboxylic acids is 2. The van der Waals surface area contributed by atoms with Crippen molar-refractivity contribution >= 4 is 46.2 Å². The number of benzene rings is 1. The number of amides is 1. The zero-order chi connectivity index (χ0) is 25.1. The van der Waals surface area contributed by atoms with Crippen LogP contribution in [0.15, 0.2) is 29.1 Å². The summed E-state index contributed by atoms with van der Waals surface area (Å²) in [5.41, 5.74) is 1.01. The van der Waals surface area contributed by atoms with Gasteiger partial charge in [0.2, 0.25) is 5.91 Å². The SMILES string of the molecule is CCCN(C)CC(=O)Nc1cccc(NCC=c2s/c(=C(/C#N)C(=O)OCC)n(CC)c2=O)c1. The molecule has 2 aromatic rings. The lowest BCUT2D eigenvalue weighted by Crippen LogP contribution is -2.32. The molecule has 1 heterocycles. The molecule has 0 saturated heterocycles. The van der Waals surface area contributed by atoms with Crippen LogP contribution < -0.4 is 25.4 Å². The van der Waals surface area contributed by atoms with Crippen molar-refractivity contribution in [2.24, 2.45) is 0 Å². The van der Waals surface area contributed by atoms with Crippen molar-refractivity contribution < 1.29 is 14.3 Å². The highest BCUT2D eigenvalue weighted by molar-refractivity contribution is 7.07. The fraction of sp³-hybridized carbons (Fsp3) is 0.417. The molecule has 34 heavy (non-hydrogen) atoms. The first-order chi connectivity index (χ1) is 16.3. The van der Waals surface area contributed by atoms with Crippen LogP contribution in [0.5, 0.6) is 0 Å². The van der Waals surface area contributed by atoms with Crippen molar-refractivity contribution in [2.45, 2.75) is 33.7 Å². The smallest absolute Gasteiger partial charge is 0.351 e. The minimum Gasteiger partial charge on any atom is -0.462 e. The molecule has 0 atom stereocenters. The van der Waals surface area contributed by atoms with Crippen molar-refractivity contribution in [3.8, 4) is 6.07 Å². The summed E-state index contributed by atoms with van der Waals surface area (Å²) in [5.74, 6) is -0.824. The quantitative estimate of drug-likeness (QED) is 0.461. The number of rotatable bonds is 11. The van der Waals surface area contributed by atoms with Gasteiger partial charge in [0.15, 0.2) is 5.57 Å². The first-order valence-electron chi connectivity index (χ1n) is 11.2. The highest BCUT2D eigenvalue weighted by atomic mass is 32.1. The van der Waals surface area contributed by atoms with Gasteiger partial charge in [-0.3, -0.25) is 19.1 Å². The van der Waals surface area contributed by atoms with Gasteiger partial charge in [0.05, 0.1) is 17.7 Å². The first kappa shape index (κ1) is 26.8. The molecule has 1 aromatic carbocycles. The molecule has 0 aliphatic heterocycles. The van der Waals surface area contributed by atoms with E-state index < -0.39 is 5.97 Å². The fourth-order valence-electron chi connectivity index (χ4n) is 3.29. The summed E-state index contributed by atoms with van der Waals surface area (Å²) in [7, 11) is 1.91. The van der Waals surface area contributed by atoms with Gasteiger partial charge in [-0.25, -0.2) is 4.79 Å². The van der Waals surface area contributed by atoms with E-state index >= 15 is 0 Å². The Labute approximate surface area is 203 Å². The van der Waals surface area contributed by atoms with Gasteiger partial charge in [-0.05, 0) is 58.1 Å². The maximum absolute atomic E-state index is 12.8. The molecule has 9 nitrogen and oxygen atoms in total. The van der Waals surface area contributed by atoms with Crippen molar-refractivity contribution in [2.75, 3.05) is 43.9 Å². The average molecular weight is 486 g/mol. The molecule has 2 N–H and O–H groups in total. The summed E-state index contributed by atoms with van der Waals surface area (Å²) in [6.07, 6.45) is 2.70. The summed E-state index contributed by atoms with van der Waals surface area (Å²) in [4.78, 5) is 39.0. The van der Waals surface area contributed by atoms with Crippen LogP contribution in [0.1, 0.15) is 27.2 Å². The molecule has 1 aromatic heterocycles. The number of esters is 1. The Morgan fingerprint density at radius 2 is 2.00 bits per heavy atom. The number of hydrogen-bond donors (Lipinski definition) is 2. The maximum atomic E-state index is 12.8. The normalized spacial score (nSPS) is 12.3. The standard InChI is InChI=1S/C24H31N5O4S/c1-5-13-28(4)16-21(30)27-18-10-8-9-17(14-18)26-12-11-20-22(31)29(6-2)23(34-20)19(15-25)24(32)33-7-3/h8-11,14,26H,5-7,12-13,16H2,1-4H3,(H,27,30)/b20-11?,23-19-. The molecule has 0 unspecified atom stereocenters. The second kappa shape index (κ2) is 13.3. The monoisotopic (exact) mass is 485 g/mol. The third-order valence-corrected chi connectivity index (χ3v) is 5.97. The predicted octanol–water partition coefficient (Wildman–Crippen LogP) is 1.34. The topological polar surface area (TPSA) is 116 Å². The Kier molecular flexibility index (Phi) is 10.5. The van der Waals surface area contributed by atoms with Crippen LogP contribution in [0.25, 0.3) is 11.6 Å². The Balaban J connectivity index is 2.19. The van der Waals surface area contributed by atoms with Crippen LogP contribution in [-0.4, -0.2) is 54.6 Å². The Bertz CT molecular complexity index is 1230. The van der Waals surface area contributed by atoms with Gasteiger partial charge in [-0.15, -0.1) is 11.3 Å². The number of hydrogen-bond acceptors (Lipinski definition) is 8. The second-order valence-corrected chi connectivity index (χ2v) is 8.51. The Morgan fingerprint density at radius 3 is 2.65 bits per heavy atom. The number of likely N-dealkylation sites (N-methyl/N-ethyl adjacent to an activating group) is 1. The van der Waals surface area contributed by atoms with Crippen LogP contribution in [0.4, 0.5) is 11.4 Å². The van der Waals surface area contributed by atoms with Crippen LogP contribution in [0, 0.1) is 11.3 Å². The van der Waals surface area contributed by atoms with Crippen LogP contribution in [0.3, 0.4) is 0 Å². The van der Waals surface area contributed by atoms with Crippen molar-refractivity contribution in [1.82, 2.24) is 9.47 Å². The lowest BCUT2D eigenvalue weighted by Gasteiger charge is -2.15. The Hall–Kier alpha value is -3.42. The van der Waals surface area contributed by atoms with Gasteiger partial charge < -0.3 is 15.4 Å². The van der Waals surface area contributed by atoms with E-state index in [2.05, 4.69) is 17.6 Å². The number of nitriles is 1. The molecule has 2 rings (SSSR count). The van der Waals surface area contributed by atoms with E-state index in [0.717, 1.165) is 30.0 Å². The summed E-state index contributed by atoms with van der Waals surface area (Å²) in [5, 5.41) is 15.5. The molecule has 0 aliphatic carbocycles. The highest BCUT2D eigenvalue weighted by Gasteiger charge is 2.16. The number of anilines is 2. The summed E-state index contributed by atoms with van der Waals surface area (Å²) < 4.78 is 7.06. The van der Waals surface area contributed by atoms with Gasteiger partial charge in [0.25, 0.3) is 5.56 Å². The molecule has 182 valence electrons. The molecule has 0 spiro atoms. The van der Waals surface area contributed by atoms with E-state index in [1.807, 2.05) is 42.3 Å². The molecular weight excluding hydrogens is 454 g/mol. The molecule has 10 heteroatoms. The Morgan fingerprint density at radius 1 is 1.26 bits per heavy atom. The number of thiazole rings is 1. The van der Waals surface area contributed by atoms with E-state index in [0.29, 0.717) is 29.9 Å². The molecule has 0 fully saturated rings.